The molecule has 0 aromatic heterocycles. The highest BCUT2D eigenvalue weighted by Gasteiger charge is 2.29. The summed E-state index contributed by atoms with van der Waals surface area (Å²) < 4.78 is 4.81. The Morgan fingerprint density at radius 1 is 1.89 bits per heavy atom. The van der Waals surface area contributed by atoms with Crippen molar-refractivity contribution in [3.8, 4) is 0 Å². The van der Waals surface area contributed by atoms with Gasteiger partial charge < -0.3 is 10.1 Å². The van der Waals surface area contributed by atoms with E-state index in [1.807, 2.05) is 6.92 Å². The molecule has 1 fully saturated rings. The van der Waals surface area contributed by atoms with E-state index in [1.54, 1.807) is 0 Å². The van der Waals surface area contributed by atoms with E-state index in [0.29, 0.717) is 6.61 Å². The van der Waals surface area contributed by atoms with Gasteiger partial charge in [-0.15, -0.1) is 0 Å². The number of rotatable bonds is 3. The molecule has 1 aliphatic rings. The van der Waals surface area contributed by atoms with Gasteiger partial charge in [-0.05, 0) is 6.42 Å². The molecule has 1 N–H and O–H groups in total. The van der Waals surface area contributed by atoms with E-state index in [2.05, 4.69) is 5.32 Å². The number of carbonyl (C=O) groups excluding carboxylic acids is 1. The van der Waals surface area contributed by atoms with Gasteiger partial charge in [0.1, 0.15) is 6.04 Å². The van der Waals surface area contributed by atoms with Crippen molar-refractivity contribution in [3.05, 3.63) is 0 Å². The molecule has 52 valence electrons. The molecule has 0 radical (unpaired) electrons. The summed E-state index contributed by atoms with van der Waals surface area (Å²) in [6.07, 6.45) is 0.901. The highest BCUT2D eigenvalue weighted by Crippen LogP contribution is 1.99. The van der Waals surface area contributed by atoms with Crippen molar-refractivity contribution >= 4 is 5.97 Å². The maximum Gasteiger partial charge on any atom is 0.324 e. The van der Waals surface area contributed by atoms with Crippen LogP contribution in [0.3, 0.4) is 0 Å². The van der Waals surface area contributed by atoms with Crippen LogP contribution in [0.15, 0.2) is 0 Å². The standard InChI is InChI=1S/C6H11NO2/c1-2-3-9-6(8)5-4-7-5/h5,7H,2-4H2,1H3. The van der Waals surface area contributed by atoms with Crippen molar-refractivity contribution in [1.29, 1.82) is 0 Å². The van der Waals surface area contributed by atoms with Crippen LogP contribution in [-0.4, -0.2) is 25.2 Å². The van der Waals surface area contributed by atoms with Crippen molar-refractivity contribution in [1.82, 2.24) is 5.32 Å². The van der Waals surface area contributed by atoms with Crippen LogP contribution in [0.2, 0.25) is 0 Å². The van der Waals surface area contributed by atoms with Gasteiger partial charge >= 0.3 is 5.97 Å². The van der Waals surface area contributed by atoms with E-state index in [4.69, 9.17) is 4.74 Å². The van der Waals surface area contributed by atoms with Gasteiger partial charge in [0.15, 0.2) is 0 Å². The first-order valence-electron chi connectivity index (χ1n) is 3.24. The van der Waals surface area contributed by atoms with Gasteiger partial charge in [-0.2, -0.15) is 0 Å². The number of carbonyl (C=O) groups is 1. The summed E-state index contributed by atoms with van der Waals surface area (Å²) >= 11 is 0. The fourth-order valence-electron chi connectivity index (χ4n) is 0.529. The second kappa shape index (κ2) is 2.82. The van der Waals surface area contributed by atoms with Crippen molar-refractivity contribution < 1.29 is 9.53 Å². The minimum absolute atomic E-state index is 0.0107. The molecular formula is C6H11NO2. The first kappa shape index (κ1) is 6.55. The van der Waals surface area contributed by atoms with Crippen LogP contribution < -0.4 is 5.32 Å². The topological polar surface area (TPSA) is 48.2 Å². The Balaban J connectivity index is 2.03. The molecule has 1 unspecified atom stereocenters. The third kappa shape index (κ3) is 2.01. The van der Waals surface area contributed by atoms with Crippen LogP contribution in [0.25, 0.3) is 0 Å². The number of esters is 1. The summed E-state index contributed by atoms with van der Waals surface area (Å²) in [6, 6.07) is 0.0107. The van der Waals surface area contributed by atoms with Gasteiger partial charge in [-0.25, -0.2) is 0 Å². The normalized spacial score (nSPS) is 23.4. The lowest BCUT2D eigenvalue weighted by Crippen LogP contribution is -2.14. The highest BCUT2D eigenvalue weighted by atomic mass is 16.5. The molecule has 1 atom stereocenters. The summed E-state index contributed by atoms with van der Waals surface area (Å²) in [5, 5.41) is 2.87. The summed E-state index contributed by atoms with van der Waals surface area (Å²) in [4.78, 5) is 10.7. The molecule has 0 spiro atoms. The molecule has 1 saturated heterocycles. The maximum atomic E-state index is 10.7. The van der Waals surface area contributed by atoms with Crippen LogP contribution in [0.4, 0.5) is 0 Å². The summed E-state index contributed by atoms with van der Waals surface area (Å²) in [7, 11) is 0. The number of nitrogens with one attached hydrogen (secondary N) is 1. The SMILES string of the molecule is CCCOC(=O)C1CN1. The first-order chi connectivity index (χ1) is 4.34. The van der Waals surface area contributed by atoms with Gasteiger partial charge in [0.05, 0.1) is 6.61 Å². The molecular weight excluding hydrogens is 118 g/mol. The Morgan fingerprint density at radius 2 is 2.56 bits per heavy atom. The molecule has 0 amide bonds. The number of hydrogen-bond acceptors (Lipinski definition) is 3. The van der Waals surface area contributed by atoms with Crippen LogP contribution >= 0.6 is 0 Å². The zero-order valence-electron chi connectivity index (χ0n) is 5.52. The minimum Gasteiger partial charge on any atom is -0.465 e. The highest BCUT2D eigenvalue weighted by molar-refractivity contribution is 5.78. The van der Waals surface area contributed by atoms with E-state index in [1.165, 1.54) is 0 Å². The number of hydrogen-bond donors (Lipinski definition) is 1. The smallest absolute Gasteiger partial charge is 0.324 e. The second-order valence-electron chi connectivity index (χ2n) is 2.13. The van der Waals surface area contributed by atoms with E-state index in [9.17, 15) is 4.79 Å². The predicted molar refractivity (Wildman–Crippen MR) is 33.0 cm³/mol. The molecule has 9 heavy (non-hydrogen) atoms. The monoisotopic (exact) mass is 129 g/mol. The van der Waals surface area contributed by atoms with Crippen LogP contribution in [-0.2, 0) is 9.53 Å². The molecule has 1 rings (SSSR count). The van der Waals surface area contributed by atoms with E-state index in [0.717, 1.165) is 13.0 Å². The lowest BCUT2D eigenvalue weighted by atomic mass is 10.5. The van der Waals surface area contributed by atoms with Crippen LogP contribution in [0, 0.1) is 0 Å². The van der Waals surface area contributed by atoms with Gasteiger partial charge in [0.2, 0.25) is 0 Å². The third-order valence-electron chi connectivity index (χ3n) is 1.14. The quantitative estimate of drug-likeness (QED) is 0.428. The Morgan fingerprint density at radius 3 is 3.00 bits per heavy atom. The fourth-order valence-corrected chi connectivity index (χ4v) is 0.529. The van der Waals surface area contributed by atoms with Gasteiger partial charge in [-0.1, -0.05) is 6.92 Å². The van der Waals surface area contributed by atoms with Gasteiger partial charge in [-0.3, -0.25) is 4.79 Å². The molecule has 0 aliphatic carbocycles. The first-order valence-corrected chi connectivity index (χ1v) is 3.24. The van der Waals surface area contributed by atoms with E-state index in [-0.39, 0.29) is 12.0 Å². The Bertz CT molecular complexity index is 110. The predicted octanol–water partition coefficient (Wildman–Crippen LogP) is -0.0886. The summed E-state index contributed by atoms with van der Waals surface area (Å²) in [5.74, 6) is -0.100. The lowest BCUT2D eigenvalue weighted by Gasteiger charge is -1.97. The average molecular weight is 129 g/mol. The molecule has 3 heteroatoms. The Hall–Kier alpha value is -0.570. The average Bonchev–Trinajstić information content (AvgIpc) is 2.63. The van der Waals surface area contributed by atoms with Crippen LogP contribution in [0.1, 0.15) is 13.3 Å². The Labute approximate surface area is 54.4 Å². The van der Waals surface area contributed by atoms with Crippen molar-refractivity contribution in [2.45, 2.75) is 19.4 Å². The zero-order valence-corrected chi connectivity index (χ0v) is 5.52. The molecule has 0 aromatic rings. The van der Waals surface area contributed by atoms with Crippen molar-refractivity contribution in [2.24, 2.45) is 0 Å². The molecule has 1 aliphatic heterocycles. The lowest BCUT2D eigenvalue weighted by molar-refractivity contribution is -0.142. The fraction of sp³-hybridized carbons (Fsp3) is 0.833. The maximum absolute atomic E-state index is 10.7. The third-order valence-corrected chi connectivity index (χ3v) is 1.14. The van der Waals surface area contributed by atoms with Gasteiger partial charge in [0.25, 0.3) is 0 Å². The second-order valence-corrected chi connectivity index (χ2v) is 2.13. The molecule has 3 nitrogen and oxygen atoms in total. The van der Waals surface area contributed by atoms with Crippen LogP contribution in [0.5, 0.6) is 0 Å². The number of ether oxygens (including phenoxy) is 1. The van der Waals surface area contributed by atoms with Gasteiger partial charge in [0, 0.05) is 6.54 Å². The minimum atomic E-state index is -0.100. The molecule has 0 aromatic carbocycles. The summed E-state index contributed by atoms with van der Waals surface area (Å²) in [6.45, 7) is 3.33. The zero-order chi connectivity index (χ0) is 6.69. The molecule has 1 heterocycles. The molecule has 0 saturated carbocycles. The van der Waals surface area contributed by atoms with Crippen molar-refractivity contribution in [3.63, 3.8) is 0 Å². The summed E-state index contributed by atoms with van der Waals surface area (Å²) in [5.41, 5.74) is 0. The van der Waals surface area contributed by atoms with E-state index >= 15 is 0 Å². The largest absolute Gasteiger partial charge is 0.465 e. The molecule has 0 bridgehead atoms. The Kier molecular flexibility index (Phi) is 2.05. The van der Waals surface area contributed by atoms with Crippen molar-refractivity contribution in [2.75, 3.05) is 13.2 Å². The van der Waals surface area contributed by atoms with E-state index < -0.39 is 0 Å².